The molecule has 0 fully saturated rings. The van der Waals surface area contributed by atoms with Crippen LogP contribution in [0.4, 0.5) is 0 Å². The van der Waals surface area contributed by atoms with E-state index >= 15 is 0 Å². The van der Waals surface area contributed by atoms with Crippen LogP contribution in [-0.4, -0.2) is 10.2 Å². The molecule has 3 N–H and O–H groups in total. The third-order valence-electron chi connectivity index (χ3n) is 2.30. The van der Waals surface area contributed by atoms with Crippen molar-refractivity contribution >= 4 is 11.3 Å². The van der Waals surface area contributed by atoms with E-state index in [0.29, 0.717) is 6.61 Å². The lowest BCUT2D eigenvalue weighted by Crippen LogP contribution is -1.82. The molecule has 3 heteroatoms. The van der Waals surface area contributed by atoms with Crippen LogP contribution in [0.2, 0.25) is 0 Å². The van der Waals surface area contributed by atoms with Gasteiger partial charge in [-0.1, -0.05) is 24.3 Å². The molecule has 1 aromatic carbocycles. The first-order valence-corrected chi connectivity index (χ1v) is 5.63. The summed E-state index contributed by atoms with van der Waals surface area (Å²) in [5.74, 6) is 0. The van der Waals surface area contributed by atoms with Crippen molar-refractivity contribution in [3.05, 3.63) is 46.2 Å². The van der Waals surface area contributed by atoms with Gasteiger partial charge in [0, 0.05) is 0 Å². The first kappa shape index (κ1) is 10.4. The molecule has 2 nitrogen and oxygen atoms in total. The average Bonchev–Trinajstić information content (AvgIpc) is 2.78. The minimum Gasteiger partial charge on any atom is -0.441 e. The summed E-state index contributed by atoms with van der Waals surface area (Å²) in [6, 6.07) is 9.90. The molecule has 1 heterocycles. The fourth-order valence-electron chi connectivity index (χ4n) is 1.43. The van der Waals surface area contributed by atoms with Crippen LogP contribution in [0.15, 0.2) is 35.7 Å². The largest absolute Gasteiger partial charge is 0.441 e. The fraction of sp³-hybridized carbons (Fsp3) is 0.167. The van der Waals surface area contributed by atoms with Crippen molar-refractivity contribution in [3.63, 3.8) is 0 Å². The highest BCUT2D eigenvalue weighted by Gasteiger charge is 2.02. The molecule has 1 aromatic heterocycles. The van der Waals surface area contributed by atoms with Gasteiger partial charge in [-0.05, 0) is 28.1 Å². The Morgan fingerprint density at radius 3 is 2.40 bits per heavy atom. The molecule has 0 aliphatic rings. The molecule has 0 aliphatic carbocycles. The number of aliphatic hydroxyl groups excluding tert-OH is 1. The molecule has 15 heavy (non-hydrogen) atoms. The summed E-state index contributed by atoms with van der Waals surface area (Å²) in [4.78, 5) is 1.08. The van der Waals surface area contributed by atoms with Gasteiger partial charge in [0.1, 0.15) is 0 Å². The van der Waals surface area contributed by atoms with Crippen LogP contribution in [0.1, 0.15) is 10.4 Å². The second-order valence-corrected chi connectivity index (χ2v) is 4.33. The highest BCUT2D eigenvalue weighted by Crippen LogP contribution is 2.25. The van der Waals surface area contributed by atoms with Crippen LogP contribution in [0, 0.1) is 0 Å². The number of hydrogen-bond donors (Lipinski definition) is 1. The summed E-state index contributed by atoms with van der Waals surface area (Å²) in [7, 11) is 0. The number of rotatable bonds is 3. The Hall–Kier alpha value is -1.16. The average molecular weight is 221 g/mol. The van der Waals surface area contributed by atoms with E-state index in [2.05, 4.69) is 5.38 Å². The van der Waals surface area contributed by atoms with Gasteiger partial charge in [-0.25, -0.2) is 0 Å². The molecule has 0 atom stereocenters. The second kappa shape index (κ2) is 4.57. The standard InChI is InChI=1S/C12H12O2S/c13-6-9-1-3-10(4-2-9)11-5-12(7-14)15-8-11/h1-5,8,13-14H,6-7H2/p+1. The minimum atomic E-state index is 0.0852. The zero-order valence-electron chi connectivity index (χ0n) is 8.23. The second-order valence-electron chi connectivity index (χ2n) is 3.33. The Morgan fingerprint density at radius 1 is 1.13 bits per heavy atom. The van der Waals surface area contributed by atoms with Crippen LogP contribution in [0.5, 0.6) is 0 Å². The van der Waals surface area contributed by atoms with Gasteiger partial charge in [0.15, 0.2) is 6.61 Å². The van der Waals surface area contributed by atoms with Crippen LogP contribution >= 0.6 is 11.3 Å². The van der Waals surface area contributed by atoms with Crippen molar-refractivity contribution in [2.75, 3.05) is 0 Å². The summed E-state index contributed by atoms with van der Waals surface area (Å²) in [6.07, 6.45) is 0. The van der Waals surface area contributed by atoms with Gasteiger partial charge in [0.05, 0.1) is 11.5 Å². The molecule has 2 aromatic rings. The lowest BCUT2D eigenvalue weighted by Gasteiger charge is -1.99. The summed E-state index contributed by atoms with van der Waals surface area (Å²) in [5, 5.41) is 18.2. The van der Waals surface area contributed by atoms with Gasteiger partial charge in [0.25, 0.3) is 0 Å². The van der Waals surface area contributed by atoms with E-state index in [1.165, 1.54) is 0 Å². The lowest BCUT2D eigenvalue weighted by molar-refractivity contribution is 0.282. The number of thiophene rings is 1. The quantitative estimate of drug-likeness (QED) is 0.793. The predicted octanol–water partition coefficient (Wildman–Crippen LogP) is 2.13. The molecule has 2 rings (SSSR count). The molecule has 0 amide bonds. The van der Waals surface area contributed by atoms with Crippen LogP contribution in [0.3, 0.4) is 0 Å². The van der Waals surface area contributed by atoms with E-state index < -0.39 is 0 Å². The highest BCUT2D eigenvalue weighted by atomic mass is 32.1. The molecule has 0 spiro atoms. The van der Waals surface area contributed by atoms with Crippen molar-refractivity contribution in [3.8, 4) is 11.1 Å². The highest BCUT2D eigenvalue weighted by molar-refractivity contribution is 7.10. The molecular weight excluding hydrogens is 208 g/mol. The Balaban J connectivity index is 2.28. The van der Waals surface area contributed by atoms with Crippen LogP contribution in [-0.2, 0) is 13.2 Å². The SMILES string of the molecule is OCc1ccc(-c2csc(C[OH2+])c2)cc1. The van der Waals surface area contributed by atoms with Crippen LogP contribution in [0.25, 0.3) is 11.1 Å². The van der Waals surface area contributed by atoms with Crippen molar-refractivity contribution in [2.45, 2.75) is 13.2 Å². The summed E-state index contributed by atoms with van der Waals surface area (Å²) >= 11 is 1.62. The van der Waals surface area contributed by atoms with Gasteiger partial charge < -0.3 is 10.2 Å². The first-order valence-electron chi connectivity index (χ1n) is 4.75. The van der Waals surface area contributed by atoms with E-state index in [1.807, 2.05) is 30.3 Å². The molecule has 0 radical (unpaired) electrons. The molecule has 0 saturated heterocycles. The van der Waals surface area contributed by atoms with Crippen LogP contribution < -0.4 is 0 Å². The zero-order valence-corrected chi connectivity index (χ0v) is 9.05. The molecule has 0 unspecified atom stereocenters. The van der Waals surface area contributed by atoms with Gasteiger partial charge >= 0.3 is 0 Å². The molecule has 78 valence electrons. The maximum Gasteiger partial charge on any atom is 0.179 e. The smallest absolute Gasteiger partial charge is 0.179 e. The Morgan fingerprint density at radius 2 is 1.87 bits per heavy atom. The van der Waals surface area contributed by atoms with Crippen molar-refractivity contribution < 1.29 is 10.2 Å². The first-order chi connectivity index (χ1) is 7.33. The Bertz CT molecular complexity index is 431. The van der Waals surface area contributed by atoms with Crippen molar-refractivity contribution in [1.29, 1.82) is 0 Å². The molecule has 0 aliphatic heterocycles. The zero-order chi connectivity index (χ0) is 10.7. The third-order valence-corrected chi connectivity index (χ3v) is 3.23. The van der Waals surface area contributed by atoms with E-state index in [4.69, 9.17) is 10.2 Å². The van der Waals surface area contributed by atoms with Gasteiger partial charge in [-0.2, -0.15) is 0 Å². The Kier molecular flexibility index (Phi) is 3.16. The molecule has 0 saturated carbocycles. The summed E-state index contributed by atoms with van der Waals surface area (Å²) < 4.78 is 0. The molecular formula is C12H13O2S+. The fourth-order valence-corrected chi connectivity index (χ4v) is 2.19. The maximum absolute atomic E-state index is 8.92. The number of aliphatic hydroxyl groups is 1. The predicted molar refractivity (Wildman–Crippen MR) is 63.0 cm³/mol. The van der Waals surface area contributed by atoms with Gasteiger partial charge in [-0.3, -0.25) is 0 Å². The van der Waals surface area contributed by atoms with Gasteiger partial charge in [-0.15, -0.1) is 11.3 Å². The monoisotopic (exact) mass is 221 g/mol. The Labute approximate surface area is 92.4 Å². The van der Waals surface area contributed by atoms with E-state index in [-0.39, 0.29) is 6.61 Å². The minimum absolute atomic E-state index is 0.0852. The van der Waals surface area contributed by atoms with E-state index in [1.54, 1.807) is 11.3 Å². The number of hydrogen-bond acceptors (Lipinski definition) is 2. The summed E-state index contributed by atoms with van der Waals surface area (Å²) in [6.45, 7) is 0.432. The third kappa shape index (κ3) is 2.26. The van der Waals surface area contributed by atoms with Crippen molar-refractivity contribution in [2.24, 2.45) is 0 Å². The lowest BCUT2D eigenvalue weighted by atomic mass is 10.1. The van der Waals surface area contributed by atoms with E-state index in [9.17, 15) is 0 Å². The topological polar surface area (TPSA) is 43.1 Å². The normalized spacial score (nSPS) is 10.5. The van der Waals surface area contributed by atoms with Gasteiger partial charge in [0.2, 0.25) is 0 Å². The number of benzene rings is 1. The summed E-state index contributed by atoms with van der Waals surface area (Å²) in [5.41, 5.74) is 3.23. The maximum atomic E-state index is 8.92. The van der Waals surface area contributed by atoms with Crippen molar-refractivity contribution in [1.82, 2.24) is 0 Å². The molecule has 0 bridgehead atoms. The van der Waals surface area contributed by atoms with E-state index in [0.717, 1.165) is 21.6 Å².